The van der Waals surface area contributed by atoms with Crippen LogP contribution in [-0.2, 0) is 4.74 Å². The normalized spacial score (nSPS) is 10.2. The first-order chi connectivity index (χ1) is 8.60. The van der Waals surface area contributed by atoms with Crippen molar-refractivity contribution in [2.75, 3.05) is 44.5 Å². The van der Waals surface area contributed by atoms with Gasteiger partial charge >= 0.3 is 0 Å². The predicted octanol–water partition coefficient (Wildman–Crippen LogP) is 1.10. The third-order valence-corrected chi connectivity index (χ3v) is 2.68. The fourth-order valence-electron chi connectivity index (χ4n) is 1.66. The van der Waals surface area contributed by atoms with E-state index in [2.05, 4.69) is 5.32 Å². The minimum Gasteiger partial charge on any atom is -0.399 e. The van der Waals surface area contributed by atoms with Crippen LogP contribution in [0.2, 0.25) is 0 Å². The van der Waals surface area contributed by atoms with Crippen LogP contribution in [0.5, 0.6) is 0 Å². The van der Waals surface area contributed by atoms with E-state index >= 15 is 0 Å². The average Bonchev–Trinajstić information content (AvgIpc) is 2.38. The molecule has 5 nitrogen and oxygen atoms in total. The molecule has 3 N–H and O–H groups in total. The molecular weight excluding hydrogens is 230 g/mol. The minimum absolute atomic E-state index is 0.117. The summed E-state index contributed by atoms with van der Waals surface area (Å²) in [5.41, 5.74) is 7.84. The van der Waals surface area contributed by atoms with E-state index in [0.29, 0.717) is 31.0 Å². The maximum Gasteiger partial charge on any atom is 0.253 e. The quantitative estimate of drug-likeness (QED) is 0.587. The Morgan fingerprint density at radius 1 is 1.50 bits per heavy atom. The van der Waals surface area contributed by atoms with Gasteiger partial charge in [-0.05, 0) is 25.1 Å². The van der Waals surface area contributed by atoms with Crippen LogP contribution in [-0.4, -0.2) is 39.8 Å². The molecule has 0 aliphatic carbocycles. The van der Waals surface area contributed by atoms with Crippen molar-refractivity contribution in [3.8, 4) is 0 Å². The average molecular weight is 251 g/mol. The number of carbonyl (C=O) groups excluding carboxylic acids is 1. The Hall–Kier alpha value is -1.75. The van der Waals surface area contributed by atoms with Crippen molar-refractivity contribution < 1.29 is 9.53 Å². The molecule has 1 amide bonds. The molecule has 0 saturated heterocycles. The standard InChI is InChI=1S/C13H21N3O2/c1-4-18-8-7-16(3)12-9-10(14)5-6-11(12)13(17)15-2/h5-6,9H,4,7-8,14H2,1-3H3,(H,15,17). The zero-order chi connectivity index (χ0) is 13.5. The molecule has 0 heterocycles. The molecule has 1 rings (SSSR count). The van der Waals surface area contributed by atoms with Crippen LogP contribution >= 0.6 is 0 Å². The summed E-state index contributed by atoms with van der Waals surface area (Å²) in [6.07, 6.45) is 0. The van der Waals surface area contributed by atoms with Crippen molar-refractivity contribution in [1.29, 1.82) is 0 Å². The predicted molar refractivity (Wildman–Crippen MR) is 74.0 cm³/mol. The summed E-state index contributed by atoms with van der Waals surface area (Å²) in [5, 5.41) is 2.63. The Kier molecular flexibility index (Phi) is 5.45. The fraction of sp³-hybridized carbons (Fsp3) is 0.462. The number of amides is 1. The lowest BCUT2D eigenvalue weighted by Crippen LogP contribution is -2.27. The van der Waals surface area contributed by atoms with Crippen molar-refractivity contribution in [2.45, 2.75) is 6.92 Å². The van der Waals surface area contributed by atoms with Gasteiger partial charge in [-0.1, -0.05) is 0 Å². The van der Waals surface area contributed by atoms with E-state index < -0.39 is 0 Å². The molecule has 0 saturated carbocycles. The molecule has 0 spiro atoms. The Bertz CT molecular complexity index is 407. The van der Waals surface area contributed by atoms with E-state index in [0.717, 1.165) is 5.69 Å². The van der Waals surface area contributed by atoms with Crippen molar-refractivity contribution in [3.05, 3.63) is 23.8 Å². The molecule has 1 aromatic rings. The van der Waals surface area contributed by atoms with E-state index in [9.17, 15) is 4.79 Å². The number of anilines is 2. The van der Waals surface area contributed by atoms with Gasteiger partial charge in [0.1, 0.15) is 0 Å². The highest BCUT2D eigenvalue weighted by Crippen LogP contribution is 2.22. The Morgan fingerprint density at radius 3 is 2.83 bits per heavy atom. The smallest absolute Gasteiger partial charge is 0.253 e. The molecule has 1 aromatic carbocycles. The summed E-state index contributed by atoms with van der Waals surface area (Å²) in [5.74, 6) is -0.117. The molecular formula is C13H21N3O2. The molecule has 0 aromatic heterocycles. The van der Waals surface area contributed by atoms with E-state index in [1.165, 1.54) is 0 Å². The summed E-state index contributed by atoms with van der Waals surface area (Å²) < 4.78 is 5.31. The van der Waals surface area contributed by atoms with Gasteiger partial charge in [0.25, 0.3) is 5.91 Å². The minimum atomic E-state index is -0.117. The van der Waals surface area contributed by atoms with Crippen LogP contribution in [0.3, 0.4) is 0 Å². The van der Waals surface area contributed by atoms with Gasteiger partial charge in [0.05, 0.1) is 17.9 Å². The molecule has 5 heteroatoms. The number of likely N-dealkylation sites (N-methyl/N-ethyl adjacent to an activating group) is 1. The Labute approximate surface area is 108 Å². The van der Waals surface area contributed by atoms with Crippen molar-refractivity contribution in [3.63, 3.8) is 0 Å². The van der Waals surface area contributed by atoms with Crippen LogP contribution < -0.4 is 16.0 Å². The lowest BCUT2D eigenvalue weighted by molar-refractivity contribution is 0.0963. The molecule has 0 aliphatic heterocycles. The number of nitrogen functional groups attached to an aromatic ring is 1. The highest BCUT2D eigenvalue weighted by atomic mass is 16.5. The largest absolute Gasteiger partial charge is 0.399 e. The zero-order valence-electron chi connectivity index (χ0n) is 11.2. The van der Waals surface area contributed by atoms with Crippen molar-refractivity contribution in [1.82, 2.24) is 5.32 Å². The van der Waals surface area contributed by atoms with E-state index in [-0.39, 0.29) is 5.91 Å². The Balaban J connectivity index is 2.90. The van der Waals surface area contributed by atoms with Gasteiger partial charge in [0, 0.05) is 32.9 Å². The zero-order valence-corrected chi connectivity index (χ0v) is 11.2. The number of rotatable bonds is 6. The van der Waals surface area contributed by atoms with Crippen molar-refractivity contribution >= 4 is 17.3 Å². The van der Waals surface area contributed by atoms with Crippen molar-refractivity contribution in [2.24, 2.45) is 0 Å². The number of nitrogens with one attached hydrogen (secondary N) is 1. The highest BCUT2D eigenvalue weighted by molar-refractivity contribution is 6.00. The SMILES string of the molecule is CCOCCN(C)c1cc(N)ccc1C(=O)NC. The second kappa shape index (κ2) is 6.86. The second-order valence-electron chi connectivity index (χ2n) is 3.97. The van der Waals surface area contributed by atoms with Gasteiger partial charge in [-0.3, -0.25) is 4.79 Å². The monoisotopic (exact) mass is 251 g/mol. The van der Waals surface area contributed by atoms with Gasteiger partial charge in [0.2, 0.25) is 0 Å². The summed E-state index contributed by atoms with van der Waals surface area (Å²) in [7, 11) is 3.53. The van der Waals surface area contributed by atoms with E-state index in [4.69, 9.17) is 10.5 Å². The molecule has 0 atom stereocenters. The summed E-state index contributed by atoms with van der Waals surface area (Å²) >= 11 is 0. The van der Waals surface area contributed by atoms with Crippen LogP contribution in [0.1, 0.15) is 17.3 Å². The van der Waals surface area contributed by atoms with Gasteiger partial charge in [-0.15, -0.1) is 0 Å². The van der Waals surface area contributed by atoms with E-state index in [1.54, 1.807) is 25.2 Å². The van der Waals surface area contributed by atoms with Crippen LogP contribution in [0, 0.1) is 0 Å². The number of carbonyl (C=O) groups is 1. The number of nitrogens with two attached hydrogens (primary N) is 1. The molecule has 0 radical (unpaired) electrons. The molecule has 0 bridgehead atoms. The fourth-order valence-corrected chi connectivity index (χ4v) is 1.66. The third-order valence-electron chi connectivity index (χ3n) is 2.68. The lowest BCUT2D eigenvalue weighted by atomic mass is 10.1. The molecule has 100 valence electrons. The summed E-state index contributed by atoms with van der Waals surface area (Å²) in [6, 6.07) is 5.27. The number of benzene rings is 1. The highest BCUT2D eigenvalue weighted by Gasteiger charge is 2.13. The second-order valence-corrected chi connectivity index (χ2v) is 3.97. The third kappa shape index (κ3) is 3.63. The molecule has 0 unspecified atom stereocenters. The maximum atomic E-state index is 11.8. The summed E-state index contributed by atoms with van der Waals surface area (Å²) in [4.78, 5) is 13.7. The number of nitrogens with zero attached hydrogens (tertiary/aromatic N) is 1. The number of hydrogen-bond donors (Lipinski definition) is 2. The van der Waals surface area contributed by atoms with Gasteiger partial charge < -0.3 is 20.7 Å². The molecule has 0 aliphatic rings. The Morgan fingerprint density at radius 2 is 2.22 bits per heavy atom. The topological polar surface area (TPSA) is 67.6 Å². The number of ether oxygens (including phenoxy) is 1. The lowest BCUT2D eigenvalue weighted by Gasteiger charge is -2.22. The first kappa shape index (κ1) is 14.3. The number of hydrogen-bond acceptors (Lipinski definition) is 4. The van der Waals surface area contributed by atoms with Gasteiger partial charge in [0.15, 0.2) is 0 Å². The molecule has 0 fully saturated rings. The van der Waals surface area contributed by atoms with Crippen LogP contribution in [0.15, 0.2) is 18.2 Å². The van der Waals surface area contributed by atoms with Gasteiger partial charge in [-0.2, -0.15) is 0 Å². The van der Waals surface area contributed by atoms with Crippen LogP contribution in [0.4, 0.5) is 11.4 Å². The van der Waals surface area contributed by atoms with E-state index in [1.807, 2.05) is 18.9 Å². The first-order valence-electron chi connectivity index (χ1n) is 6.00. The van der Waals surface area contributed by atoms with Gasteiger partial charge in [-0.25, -0.2) is 0 Å². The summed E-state index contributed by atoms with van der Waals surface area (Å²) in [6.45, 7) is 3.97. The first-order valence-corrected chi connectivity index (χ1v) is 6.00. The molecule has 18 heavy (non-hydrogen) atoms. The van der Waals surface area contributed by atoms with Crippen LogP contribution in [0.25, 0.3) is 0 Å². The maximum absolute atomic E-state index is 11.8.